The summed E-state index contributed by atoms with van der Waals surface area (Å²) < 4.78 is 0. The molecule has 3 unspecified atom stereocenters. The van der Waals surface area contributed by atoms with Gasteiger partial charge in [-0.3, -0.25) is 9.59 Å². The second kappa shape index (κ2) is 4.24. The molecule has 2 N–H and O–H groups in total. The summed E-state index contributed by atoms with van der Waals surface area (Å²) in [5.74, 6) is 0.599. The van der Waals surface area contributed by atoms with Gasteiger partial charge in [-0.15, -0.1) is 0 Å². The Morgan fingerprint density at radius 1 is 1.39 bits per heavy atom. The first-order chi connectivity index (χ1) is 8.66. The van der Waals surface area contributed by atoms with Crippen molar-refractivity contribution in [2.75, 3.05) is 13.1 Å². The molecule has 1 aromatic rings. The number of carbonyl (C=O) groups excluding carboxylic acids is 1. The zero-order valence-electron chi connectivity index (χ0n) is 10.3. The minimum atomic E-state index is -0.179. The summed E-state index contributed by atoms with van der Waals surface area (Å²) >= 11 is 0. The summed E-state index contributed by atoms with van der Waals surface area (Å²) in [5, 5.41) is 3.34. The monoisotopic (exact) mass is 247 g/mol. The molecule has 3 rings (SSSR count). The standard InChI is InChI=1S/C13H17N3O2/c1-8-4-10-5-14-7-11(10)16(8)13(18)9-2-3-12(17)15-6-9/h2-3,6,8,10-11,14H,4-5,7H2,1H3,(H,15,17). The van der Waals surface area contributed by atoms with Gasteiger partial charge in [0.25, 0.3) is 5.91 Å². The third kappa shape index (κ3) is 1.75. The topological polar surface area (TPSA) is 65.2 Å². The van der Waals surface area contributed by atoms with E-state index in [0.29, 0.717) is 17.5 Å². The van der Waals surface area contributed by atoms with Crippen molar-refractivity contribution in [3.8, 4) is 0 Å². The molecule has 0 saturated carbocycles. The highest BCUT2D eigenvalue weighted by Crippen LogP contribution is 2.33. The number of hydrogen-bond donors (Lipinski definition) is 2. The quantitative estimate of drug-likeness (QED) is 0.745. The van der Waals surface area contributed by atoms with Crippen molar-refractivity contribution in [3.05, 3.63) is 34.2 Å². The number of likely N-dealkylation sites (tertiary alicyclic amines) is 1. The van der Waals surface area contributed by atoms with Crippen LogP contribution < -0.4 is 10.9 Å². The lowest BCUT2D eigenvalue weighted by molar-refractivity contribution is 0.0681. The minimum Gasteiger partial charge on any atom is -0.331 e. The Bertz CT molecular complexity index is 505. The van der Waals surface area contributed by atoms with Gasteiger partial charge >= 0.3 is 0 Å². The summed E-state index contributed by atoms with van der Waals surface area (Å²) in [6.07, 6.45) is 2.57. The SMILES string of the molecule is CC1CC2CNCC2N1C(=O)c1ccc(=O)[nH]c1. The molecule has 3 heterocycles. The molecule has 0 spiro atoms. The Balaban J connectivity index is 1.87. The number of rotatable bonds is 1. The Morgan fingerprint density at radius 3 is 2.94 bits per heavy atom. The lowest BCUT2D eigenvalue weighted by Crippen LogP contribution is -2.42. The third-order valence-electron chi connectivity index (χ3n) is 4.05. The van der Waals surface area contributed by atoms with Crippen LogP contribution in [0.4, 0.5) is 0 Å². The summed E-state index contributed by atoms with van der Waals surface area (Å²) in [4.78, 5) is 28.0. The van der Waals surface area contributed by atoms with Crippen LogP contribution in [0.3, 0.4) is 0 Å². The molecule has 0 bridgehead atoms. The Labute approximate surface area is 105 Å². The minimum absolute atomic E-state index is 0.0231. The van der Waals surface area contributed by atoms with Gasteiger partial charge in [0.15, 0.2) is 0 Å². The number of hydrogen-bond acceptors (Lipinski definition) is 3. The second-order valence-corrected chi connectivity index (χ2v) is 5.22. The molecule has 3 atom stereocenters. The van der Waals surface area contributed by atoms with E-state index < -0.39 is 0 Å². The summed E-state index contributed by atoms with van der Waals surface area (Å²) in [7, 11) is 0. The lowest BCUT2D eigenvalue weighted by Gasteiger charge is -2.27. The average molecular weight is 247 g/mol. The van der Waals surface area contributed by atoms with E-state index in [0.717, 1.165) is 19.5 Å². The van der Waals surface area contributed by atoms with Crippen LogP contribution in [0.25, 0.3) is 0 Å². The number of pyridine rings is 1. The van der Waals surface area contributed by atoms with E-state index in [4.69, 9.17) is 0 Å². The molecule has 5 heteroatoms. The van der Waals surface area contributed by atoms with E-state index in [1.165, 1.54) is 12.3 Å². The maximum Gasteiger partial charge on any atom is 0.255 e. The molecule has 0 radical (unpaired) electrons. The highest BCUT2D eigenvalue weighted by molar-refractivity contribution is 5.94. The first-order valence-electron chi connectivity index (χ1n) is 6.39. The fraction of sp³-hybridized carbons (Fsp3) is 0.538. The fourth-order valence-electron chi connectivity index (χ4n) is 3.21. The molecule has 5 nitrogen and oxygen atoms in total. The van der Waals surface area contributed by atoms with E-state index in [-0.39, 0.29) is 17.5 Å². The number of fused-ring (bicyclic) bond motifs is 1. The van der Waals surface area contributed by atoms with Gasteiger partial charge in [-0.1, -0.05) is 0 Å². The van der Waals surface area contributed by atoms with E-state index in [1.54, 1.807) is 6.07 Å². The third-order valence-corrected chi connectivity index (χ3v) is 4.05. The van der Waals surface area contributed by atoms with Crippen LogP contribution in [0.5, 0.6) is 0 Å². The van der Waals surface area contributed by atoms with Crippen molar-refractivity contribution >= 4 is 5.91 Å². The molecule has 0 aliphatic carbocycles. The van der Waals surface area contributed by atoms with Gasteiger partial charge in [0.1, 0.15) is 0 Å². The molecule has 2 aliphatic heterocycles. The summed E-state index contributed by atoms with van der Waals surface area (Å²) in [6.45, 7) is 3.98. The van der Waals surface area contributed by atoms with Gasteiger partial charge in [0.05, 0.1) is 5.56 Å². The van der Waals surface area contributed by atoms with Crippen LogP contribution in [0, 0.1) is 5.92 Å². The average Bonchev–Trinajstić information content (AvgIpc) is 2.89. The zero-order valence-corrected chi connectivity index (χ0v) is 10.3. The van der Waals surface area contributed by atoms with Gasteiger partial charge in [0.2, 0.25) is 5.56 Å². The van der Waals surface area contributed by atoms with Crippen LogP contribution in [0.1, 0.15) is 23.7 Å². The predicted octanol–water partition coefficient (Wildman–Crippen LogP) is 0.197. The highest BCUT2D eigenvalue weighted by atomic mass is 16.2. The molecule has 2 fully saturated rings. The van der Waals surface area contributed by atoms with Crippen LogP contribution >= 0.6 is 0 Å². The van der Waals surface area contributed by atoms with Crippen molar-refractivity contribution in [1.82, 2.24) is 15.2 Å². The van der Waals surface area contributed by atoms with Gasteiger partial charge in [-0.25, -0.2) is 0 Å². The Hall–Kier alpha value is -1.62. The smallest absolute Gasteiger partial charge is 0.255 e. The number of aromatic nitrogens is 1. The molecule has 1 aromatic heterocycles. The van der Waals surface area contributed by atoms with E-state index in [9.17, 15) is 9.59 Å². The Kier molecular flexibility index (Phi) is 2.70. The summed E-state index contributed by atoms with van der Waals surface area (Å²) in [5.41, 5.74) is 0.385. The van der Waals surface area contributed by atoms with Crippen LogP contribution in [0.2, 0.25) is 0 Å². The molecule has 2 aliphatic rings. The number of nitrogens with one attached hydrogen (secondary N) is 2. The molecule has 2 saturated heterocycles. The number of H-pyrrole nitrogens is 1. The van der Waals surface area contributed by atoms with Gasteiger partial charge < -0.3 is 15.2 Å². The number of nitrogens with zero attached hydrogens (tertiary/aromatic N) is 1. The van der Waals surface area contributed by atoms with Gasteiger partial charge in [0, 0.05) is 37.4 Å². The van der Waals surface area contributed by atoms with Crippen LogP contribution in [-0.2, 0) is 0 Å². The fourth-order valence-corrected chi connectivity index (χ4v) is 3.21. The number of carbonyl (C=O) groups is 1. The van der Waals surface area contributed by atoms with Crippen LogP contribution in [0.15, 0.2) is 23.1 Å². The largest absolute Gasteiger partial charge is 0.331 e. The van der Waals surface area contributed by atoms with E-state index in [1.807, 2.05) is 4.90 Å². The number of aromatic amines is 1. The van der Waals surface area contributed by atoms with Crippen molar-refractivity contribution in [1.29, 1.82) is 0 Å². The van der Waals surface area contributed by atoms with Crippen LogP contribution in [-0.4, -0.2) is 41.0 Å². The predicted molar refractivity (Wildman–Crippen MR) is 67.5 cm³/mol. The van der Waals surface area contributed by atoms with Gasteiger partial charge in [-0.2, -0.15) is 0 Å². The van der Waals surface area contributed by atoms with Gasteiger partial charge in [-0.05, 0) is 25.3 Å². The van der Waals surface area contributed by atoms with E-state index in [2.05, 4.69) is 17.2 Å². The van der Waals surface area contributed by atoms with Crippen molar-refractivity contribution in [2.24, 2.45) is 5.92 Å². The molecule has 0 aromatic carbocycles. The number of amides is 1. The van der Waals surface area contributed by atoms with Crippen molar-refractivity contribution < 1.29 is 4.79 Å². The maximum atomic E-state index is 12.5. The van der Waals surface area contributed by atoms with Crippen molar-refractivity contribution in [3.63, 3.8) is 0 Å². The molecular formula is C13H17N3O2. The van der Waals surface area contributed by atoms with E-state index >= 15 is 0 Å². The normalized spacial score (nSPS) is 30.5. The lowest BCUT2D eigenvalue weighted by atomic mass is 10.0. The summed E-state index contributed by atoms with van der Waals surface area (Å²) in [6, 6.07) is 3.59. The second-order valence-electron chi connectivity index (χ2n) is 5.22. The molecule has 1 amide bonds. The first kappa shape index (κ1) is 11.5. The zero-order chi connectivity index (χ0) is 12.7. The molecule has 96 valence electrons. The highest BCUT2D eigenvalue weighted by Gasteiger charge is 2.44. The van der Waals surface area contributed by atoms with Crippen molar-refractivity contribution in [2.45, 2.75) is 25.4 Å². The maximum absolute atomic E-state index is 12.5. The molecule has 18 heavy (non-hydrogen) atoms. The molecular weight excluding hydrogens is 230 g/mol. The first-order valence-corrected chi connectivity index (χ1v) is 6.39. The Morgan fingerprint density at radius 2 is 2.22 bits per heavy atom.